The first-order chi connectivity index (χ1) is 9.97. The second-order valence-electron chi connectivity index (χ2n) is 4.64. The number of nitrogens with zero attached hydrogens (tertiary/aromatic N) is 1. The average Bonchev–Trinajstić information content (AvgIpc) is 2.48. The molecule has 21 heavy (non-hydrogen) atoms. The fraction of sp³-hybridized carbons (Fsp3) is 0.125. The third kappa shape index (κ3) is 4.70. The van der Waals surface area contributed by atoms with Crippen LogP contribution in [-0.4, -0.2) is 19.8 Å². The number of rotatable bonds is 5. The zero-order valence-corrected chi connectivity index (χ0v) is 13.2. The monoisotopic (exact) mass is 321 g/mol. The van der Waals surface area contributed by atoms with Crippen molar-refractivity contribution >= 4 is 27.7 Å². The Morgan fingerprint density at radius 1 is 1.05 bits per heavy atom. The second-order valence-corrected chi connectivity index (χ2v) is 7.00. The van der Waals surface area contributed by atoms with Gasteiger partial charge in [-0.2, -0.15) is 4.31 Å². The first kappa shape index (κ1) is 15.8. The molecule has 3 nitrogen and oxygen atoms in total. The highest BCUT2D eigenvalue weighted by atomic mass is 35.5. The van der Waals surface area contributed by atoms with E-state index >= 15 is 0 Å². The molecule has 0 atom stereocenters. The molecule has 2 rings (SSSR count). The minimum Gasteiger partial charge on any atom is -0.208 e. The topological polar surface area (TPSA) is 37.4 Å². The molecular weight excluding hydrogens is 306 g/mol. The van der Waals surface area contributed by atoms with Gasteiger partial charge in [0.25, 0.3) is 0 Å². The molecule has 0 saturated carbocycles. The molecule has 2 aromatic rings. The van der Waals surface area contributed by atoms with Crippen molar-refractivity contribution in [1.82, 2.24) is 4.31 Å². The Kier molecular flexibility index (Phi) is 5.17. The van der Waals surface area contributed by atoms with Crippen LogP contribution in [0.15, 0.2) is 60.0 Å². The van der Waals surface area contributed by atoms with Crippen molar-refractivity contribution in [3.63, 3.8) is 0 Å². The van der Waals surface area contributed by atoms with Crippen LogP contribution in [0.25, 0.3) is 6.08 Å². The minimum atomic E-state index is -3.45. The van der Waals surface area contributed by atoms with E-state index in [9.17, 15) is 8.42 Å². The quantitative estimate of drug-likeness (QED) is 0.840. The Bertz CT molecular complexity index is 710. The normalized spacial score (nSPS) is 12.1. The molecule has 0 radical (unpaired) electrons. The van der Waals surface area contributed by atoms with Crippen molar-refractivity contribution in [2.45, 2.75) is 6.54 Å². The van der Waals surface area contributed by atoms with Crippen LogP contribution in [0.2, 0.25) is 5.02 Å². The zero-order chi connectivity index (χ0) is 15.3. The molecule has 5 heteroatoms. The highest BCUT2D eigenvalue weighted by molar-refractivity contribution is 7.92. The molecule has 0 N–H and O–H groups in total. The average molecular weight is 322 g/mol. The Labute approximate surface area is 130 Å². The van der Waals surface area contributed by atoms with Crippen molar-refractivity contribution in [2.24, 2.45) is 0 Å². The summed E-state index contributed by atoms with van der Waals surface area (Å²) in [6.45, 7) is 0.304. The van der Waals surface area contributed by atoms with Gasteiger partial charge in [-0.3, -0.25) is 0 Å². The lowest BCUT2D eigenvalue weighted by Crippen LogP contribution is -2.24. The standard InChI is InChI=1S/C16H16ClNO2S/c1-18(13-15-7-9-16(17)10-8-15)21(19,20)12-11-14-5-3-2-4-6-14/h2-12H,13H2,1H3/b12-11+. The van der Waals surface area contributed by atoms with Crippen molar-refractivity contribution < 1.29 is 8.42 Å². The Hall–Kier alpha value is -1.62. The molecular formula is C16H16ClNO2S. The van der Waals surface area contributed by atoms with Gasteiger partial charge in [-0.15, -0.1) is 0 Å². The predicted molar refractivity (Wildman–Crippen MR) is 87.3 cm³/mol. The van der Waals surface area contributed by atoms with Crippen LogP contribution in [0.1, 0.15) is 11.1 Å². The molecule has 0 aromatic heterocycles. The molecule has 0 aliphatic rings. The van der Waals surface area contributed by atoms with Crippen LogP contribution < -0.4 is 0 Å². The lowest BCUT2D eigenvalue weighted by atomic mass is 10.2. The van der Waals surface area contributed by atoms with Gasteiger partial charge in [-0.25, -0.2) is 8.42 Å². The SMILES string of the molecule is CN(Cc1ccc(Cl)cc1)S(=O)(=O)/C=C/c1ccccc1. The van der Waals surface area contributed by atoms with Gasteiger partial charge in [0.2, 0.25) is 10.0 Å². The lowest BCUT2D eigenvalue weighted by Gasteiger charge is -2.14. The van der Waals surface area contributed by atoms with Crippen LogP contribution in [0.4, 0.5) is 0 Å². The van der Waals surface area contributed by atoms with Crippen molar-refractivity contribution in [2.75, 3.05) is 7.05 Å². The van der Waals surface area contributed by atoms with Gasteiger partial charge in [-0.05, 0) is 29.3 Å². The van der Waals surface area contributed by atoms with Crippen molar-refractivity contribution in [3.05, 3.63) is 76.2 Å². The largest absolute Gasteiger partial charge is 0.236 e. The summed E-state index contributed by atoms with van der Waals surface area (Å²) in [7, 11) is -1.89. The van der Waals surface area contributed by atoms with E-state index in [0.717, 1.165) is 11.1 Å². The van der Waals surface area contributed by atoms with E-state index in [1.54, 1.807) is 25.3 Å². The third-order valence-electron chi connectivity index (χ3n) is 2.98. The van der Waals surface area contributed by atoms with Crippen molar-refractivity contribution in [1.29, 1.82) is 0 Å². The minimum absolute atomic E-state index is 0.304. The van der Waals surface area contributed by atoms with Crippen LogP contribution >= 0.6 is 11.6 Å². The van der Waals surface area contributed by atoms with Crippen molar-refractivity contribution in [3.8, 4) is 0 Å². The molecule has 2 aromatic carbocycles. The number of benzene rings is 2. The summed E-state index contributed by atoms with van der Waals surface area (Å²) >= 11 is 5.81. The summed E-state index contributed by atoms with van der Waals surface area (Å²) in [5.41, 5.74) is 1.74. The molecule has 0 fully saturated rings. The van der Waals surface area contributed by atoms with Crippen LogP contribution in [0.3, 0.4) is 0 Å². The fourth-order valence-electron chi connectivity index (χ4n) is 1.77. The molecule has 0 aliphatic carbocycles. The number of sulfonamides is 1. The van der Waals surface area contributed by atoms with Gasteiger partial charge in [-0.1, -0.05) is 54.1 Å². The van der Waals surface area contributed by atoms with E-state index in [1.807, 2.05) is 42.5 Å². The summed E-state index contributed by atoms with van der Waals surface area (Å²) in [4.78, 5) is 0. The van der Waals surface area contributed by atoms with E-state index in [1.165, 1.54) is 9.71 Å². The number of halogens is 1. The van der Waals surface area contributed by atoms with E-state index in [4.69, 9.17) is 11.6 Å². The molecule has 0 aliphatic heterocycles. The maximum atomic E-state index is 12.2. The number of hydrogen-bond donors (Lipinski definition) is 0. The number of hydrogen-bond acceptors (Lipinski definition) is 2. The molecule has 0 amide bonds. The maximum Gasteiger partial charge on any atom is 0.236 e. The van der Waals surface area contributed by atoms with Gasteiger partial charge < -0.3 is 0 Å². The summed E-state index contributed by atoms with van der Waals surface area (Å²) in [5.74, 6) is 0. The van der Waals surface area contributed by atoms with Crippen LogP contribution in [0, 0.1) is 0 Å². The Balaban J connectivity index is 2.08. The lowest BCUT2D eigenvalue weighted by molar-refractivity contribution is 0.475. The molecule has 0 heterocycles. The summed E-state index contributed by atoms with van der Waals surface area (Å²) in [6, 6.07) is 16.4. The van der Waals surface area contributed by atoms with Crippen LogP contribution in [0.5, 0.6) is 0 Å². The van der Waals surface area contributed by atoms with E-state index in [0.29, 0.717) is 11.6 Å². The zero-order valence-electron chi connectivity index (χ0n) is 11.6. The third-order valence-corrected chi connectivity index (χ3v) is 4.71. The van der Waals surface area contributed by atoms with Gasteiger partial charge >= 0.3 is 0 Å². The van der Waals surface area contributed by atoms with E-state index in [-0.39, 0.29) is 0 Å². The summed E-state index contributed by atoms with van der Waals surface area (Å²) < 4.78 is 25.7. The summed E-state index contributed by atoms with van der Waals surface area (Å²) in [5, 5.41) is 1.85. The Morgan fingerprint density at radius 3 is 2.29 bits per heavy atom. The molecule has 0 saturated heterocycles. The van der Waals surface area contributed by atoms with Crippen LogP contribution in [-0.2, 0) is 16.6 Å². The fourth-order valence-corrected chi connectivity index (χ4v) is 2.76. The molecule has 0 unspecified atom stereocenters. The van der Waals surface area contributed by atoms with Gasteiger partial charge in [0.1, 0.15) is 0 Å². The van der Waals surface area contributed by atoms with E-state index in [2.05, 4.69) is 0 Å². The molecule has 0 bridgehead atoms. The highest BCUT2D eigenvalue weighted by Gasteiger charge is 2.14. The highest BCUT2D eigenvalue weighted by Crippen LogP contribution is 2.13. The first-order valence-electron chi connectivity index (χ1n) is 6.41. The molecule has 0 spiro atoms. The predicted octanol–water partition coefficient (Wildman–Crippen LogP) is 3.77. The molecule has 110 valence electrons. The second kappa shape index (κ2) is 6.89. The van der Waals surface area contributed by atoms with Gasteiger partial charge in [0.05, 0.1) is 0 Å². The van der Waals surface area contributed by atoms with Gasteiger partial charge in [0, 0.05) is 24.0 Å². The Morgan fingerprint density at radius 2 is 1.67 bits per heavy atom. The maximum absolute atomic E-state index is 12.2. The smallest absolute Gasteiger partial charge is 0.208 e. The summed E-state index contributed by atoms with van der Waals surface area (Å²) in [6.07, 6.45) is 1.59. The van der Waals surface area contributed by atoms with E-state index < -0.39 is 10.0 Å². The van der Waals surface area contributed by atoms with Gasteiger partial charge in [0.15, 0.2) is 0 Å². The first-order valence-corrected chi connectivity index (χ1v) is 8.29.